The van der Waals surface area contributed by atoms with Crippen LogP contribution in [0.1, 0.15) is 38.5 Å². The van der Waals surface area contributed by atoms with Gasteiger partial charge in [-0.1, -0.05) is 6.42 Å². The third kappa shape index (κ3) is 4.95. The van der Waals surface area contributed by atoms with Crippen molar-refractivity contribution >= 4 is 44.4 Å². The number of ether oxygens (including phenoxy) is 1. The first kappa shape index (κ1) is 23.2. The number of thiocarbonyl (C=S) groups is 1. The van der Waals surface area contributed by atoms with Gasteiger partial charge >= 0.3 is 0 Å². The summed E-state index contributed by atoms with van der Waals surface area (Å²) in [7, 11) is -2.24. The van der Waals surface area contributed by atoms with Gasteiger partial charge in [-0.3, -0.25) is 4.72 Å². The lowest BCUT2D eigenvalue weighted by Crippen LogP contribution is -2.40. The van der Waals surface area contributed by atoms with Crippen molar-refractivity contribution in [2.24, 2.45) is 11.8 Å². The number of hydrogen-bond acceptors (Lipinski definition) is 5. The molecular formula is C25H32N4O3S2. The molecule has 0 radical (unpaired) electrons. The summed E-state index contributed by atoms with van der Waals surface area (Å²) in [6.07, 6.45) is 7.19. The average Bonchev–Trinajstić information content (AvgIpc) is 3.58. The third-order valence-electron chi connectivity index (χ3n) is 7.35. The number of benzene rings is 2. The first-order valence-electron chi connectivity index (χ1n) is 12.0. The highest BCUT2D eigenvalue weighted by molar-refractivity contribution is 7.93. The van der Waals surface area contributed by atoms with Crippen LogP contribution < -0.4 is 25.0 Å². The number of methoxy groups -OCH3 is 1. The second-order valence-electron chi connectivity index (χ2n) is 9.59. The number of hydrogen-bond donors (Lipinski definition) is 3. The molecule has 9 heteroatoms. The molecule has 2 aromatic rings. The van der Waals surface area contributed by atoms with Crippen molar-refractivity contribution in [1.29, 1.82) is 0 Å². The van der Waals surface area contributed by atoms with Crippen molar-refractivity contribution in [3.8, 4) is 5.75 Å². The number of rotatable bonds is 7. The van der Waals surface area contributed by atoms with Crippen LogP contribution >= 0.6 is 12.2 Å². The largest absolute Gasteiger partial charge is 0.497 e. The van der Waals surface area contributed by atoms with Gasteiger partial charge in [-0.05, 0) is 98.6 Å². The molecule has 182 valence electrons. The standard InChI is InChI=1S/C25H32N4O3S2/c1-32-21-9-6-19(7-10-21)28-34(30,31)24-16-20(8-11-23(24)29-12-2-3-13-29)26-25(33)27-22-15-17-4-5-18(22)14-17/h6-11,16-18,22,28H,2-5,12-15H2,1H3,(H2,26,27,33)/t17-,18+,22-/m0/s1. The Hall–Kier alpha value is -2.52. The third-order valence-corrected chi connectivity index (χ3v) is 8.98. The number of anilines is 3. The quantitative estimate of drug-likeness (QED) is 0.480. The zero-order chi connectivity index (χ0) is 23.7. The minimum atomic E-state index is -3.82. The summed E-state index contributed by atoms with van der Waals surface area (Å²) in [6.45, 7) is 1.70. The fourth-order valence-electron chi connectivity index (χ4n) is 5.65. The normalized spacial score (nSPS) is 23.7. The molecule has 1 aliphatic heterocycles. The van der Waals surface area contributed by atoms with E-state index in [1.165, 1.54) is 25.7 Å². The second kappa shape index (κ2) is 9.62. The summed E-state index contributed by atoms with van der Waals surface area (Å²) < 4.78 is 34.9. The SMILES string of the molecule is COc1ccc(NS(=O)(=O)c2cc(NC(=S)N[C@H]3C[C@H]4CC[C@@H]3C4)ccc2N2CCCC2)cc1. The molecular weight excluding hydrogens is 468 g/mol. The van der Waals surface area contributed by atoms with Gasteiger partial charge in [0.05, 0.1) is 12.8 Å². The summed E-state index contributed by atoms with van der Waals surface area (Å²) in [6, 6.07) is 12.8. The van der Waals surface area contributed by atoms with E-state index < -0.39 is 10.0 Å². The highest BCUT2D eigenvalue weighted by Crippen LogP contribution is 2.44. The van der Waals surface area contributed by atoms with Crippen molar-refractivity contribution in [3.63, 3.8) is 0 Å². The summed E-state index contributed by atoms with van der Waals surface area (Å²) in [5, 5.41) is 7.25. The van der Waals surface area contributed by atoms with Crippen molar-refractivity contribution in [2.75, 3.05) is 35.1 Å². The van der Waals surface area contributed by atoms with E-state index in [4.69, 9.17) is 17.0 Å². The van der Waals surface area contributed by atoms with Crippen LogP contribution in [0.3, 0.4) is 0 Å². The molecule has 5 rings (SSSR count). The van der Waals surface area contributed by atoms with Gasteiger partial charge in [0.1, 0.15) is 10.6 Å². The second-order valence-corrected chi connectivity index (χ2v) is 11.6. The minimum absolute atomic E-state index is 0.248. The van der Waals surface area contributed by atoms with Crippen LogP contribution in [-0.2, 0) is 10.0 Å². The molecule has 3 fully saturated rings. The van der Waals surface area contributed by atoms with Gasteiger partial charge in [0.2, 0.25) is 0 Å². The lowest BCUT2D eigenvalue weighted by Gasteiger charge is -2.25. The molecule has 7 nitrogen and oxygen atoms in total. The lowest BCUT2D eigenvalue weighted by atomic mass is 9.96. The van der Waals surface area contributed by atoms with Crippen molar-refractivity contribution < 1.29 is 13.2 Å². The van der Waals surface area contributed by atoms with Crippen LogP contribution in [0.25, 0.3) is 0 Å². The van der Waals surface area contributed by atoms with Gasteiger partial charge in [0, 0.05) is 30.5 Å². The molecule has 0 amide bonds. The van der Waals surface area contributed by atoms with Crippen LogP contribution in [-0.4, -0.2) is 39.8 Å². The van der Waals surface area contributed by atoms with Crippen molar-refractivity contribution in [1.82, 2.24) is 5.32 Å². The first-order chi connectivity index (χ1) is 16.4. The maximum Gasteiger partial charge on any atom is 0.264 e. The Morgan fingerprint density at radius 1 is 1.03 bits per heavy atom. The van der Waals surface area contributed by atoms with E-state index in [0.717, 1.165) is 37.5 Å². The van der Waals surface area contributed by atoms with Gasteiger partial charge < -0.3 is 20.3 Å². The van der Waals surface area contributed by atoms with E-state index in [1.54, 1.807) is 37.4 Å². The molecule has 3 atom stereocenters. The van der Waals surface area contributed by atoms with Gasteiger partial charge in [-0.25, -0.2) is 8.42 Å². The highest BCUT2D eigenvalue weighted by atomic mass is 32.2. The fraction of sp³-hybridized carbons (Fsp3) is 0.480. The van der Waals surface area contributed by atoms with E-state index in [0.29, 0.717) is 34.2 Å². The highest BCUT2D eigenvalue weighted by Gasteiger charge is 2.39. The Morgan fingerprint density at radius 3 is 2.41 bits per heavy atom. The first-order valence-corrected chi connectivity index (χ1v) is 13.9. The molecule has 3 N–H and O–H groups in total. The monoisotopic (exact) mass is 500 g/mol. The maximum atomic E-state index is 13.5. The van der Waals surface area contributed by atoms with Crippen LogP contribution in [0, 0.1) is 11.8 Å². The Bertz CT molecular complexity index is 1150. The topological polar surface area (TPSA) is 82.7 Å². The van der Waals surface area contributed by atoms with Crippen molar-refractivity contribution in [2.45, 2.75) is 49.5 Å². The summed E-state index contributed by atoms with van der Waals surface area (Å²) in [5.41, 5.74) is 1.87. The van der Waals surface area contributed by atoms with E-state index >= 15 is 0 Å². The zero-order valence-corrected chi connectivity index (χ0v) is 21.1. The molecule has 3 aliphatic rings. The van der Waals surface area contributed by atoms with E-state index in [9.17, 15) is 8.42 Å². The van der Waals surface area contributed by atoms with Crippen LogP contribution in [0.2, 0.25) is 0 Å². The van der Waals surface area contributed by atoms with Crippen LogP contribution in [0.15, 0.2) is 47.4 Å². The molecule has 34 heavy (non-hydrogen) atoms. The van der Waals surface area contributed by atoms with E-state index in [1.807, 2.05) is 12.1 Å². The predicted molar refractivity (Wildman–Crippen MR) is 140 cm³/mol. The fourth-order valence-corrected chi connectivity index (χ4v) is 7.23. The number of sulfonamides is 1. The number of fused-ring (bicyclic) bond motifs is 2. The number of nitrogens with one attached hydrogen (secondary N) is 3. The predicted octanol–water partition coefficient (Wildman–Crippen LogP) is 4.57. The molecule has 2 saturated carbocycles. The minimum Gasteiger partial charge on any atom is -0.497 e. The van der Waals surface area contributed by atoms with Crippen LogP contribution in [0.4, 0.5) is 17.1 Å². The lowest BCUT2D eigenvalue weighted by molar-refractivity contribution is 0.392. The molecule has 1 heterocycles. The molecule has 2 bridgehead atoms. The van der Waals surface area contributed by atoms with Crippen LogP contribution in [0.5, 0.6) is 5.75 Å². The van der Waals surface area contributed by atoms with Gasteiger partial charge in [0.15, 0.2) is 5.11 Å². The maximum absolute atomic E-state index is 13.5. The summed E-state index contributed by atoms with van der Waals surface area (Å²) in [5.74, 6) is 2.20. The molecule has 0 unspecified atom stereocenters. The Balaban J connectivity index is 1.37. The Morgan fingerprint density at radius 2 is 1.76 bits per heavy atom. The molecule has 1 saturated heterocycles. The van der Waals surface area contributed by atoms with Gasteiger partial charge in [-0.15, -0.1) is 0 Å². The Kier molecular flexibility index (Phi) is 6.57. The van der Waals surface area contributed by atoms with E-state index in [-0.39, 0.29) is 4.90 Å². The van der Waals surface area contributed by atoms with Crippen molar-refractivity contribution in [3.05, 3.63) is 42.5 Å². The summed E-state index contributed by atoms with van der Waals surface area (Å²) >= 11 is 5.58. The van der Waals surface area contributed by atoms with Gasteiger partial charge in [0.25, 0.3) is 10.0 Å². The zero-order valence-electron chi connectivity index (χ0n) is 19.4. The average molecular weight is 501 g/mol. The number of nitrogens with zero attached hydrogens (tertiary/aromatic N) is 1. The molecule has 0 spiro atoms. The van der Waals surface area contributed by atoms with E-state index in [2.05, 4.69) is 20.3 Å². The Labute approximate surface area is 207 Å². The summed E-state index contributed by atoms with van der Waals surface area (Å²) in [4.78, 5) is 2.39. The molecule has 2 aromatic carbocycles. The smallest absolute Gasteiger partial charge is 0.264 e. The van der Waals surface area contributed by atoms with Gasteiger partial charge in [-0.2, -0.15) is 0 Å². The molecule has 0 aromatic heterocycles. The molecule has 2 aliphatic carbocycles.